The van der Waals surface area contributed by atoms with E-state index in [-0.39, 0.29) is 11.9 Å². The normalized spacial score (nSPS) is 33.6. The number of hydrogen-bond donors (Lipinski definition) is 1. The minimum absolute atomic E-state index is 0.118. The summed E-state index contributed by atoms with van der Waals surface area (Å²) >= 11 is 3.37. The van der Waals surface area contributed by atoms with Gasteiger partial charge in [0.15, 0.2) is 0 Å². The molecule has 3 atom stereocenters. The van der Waals surface area contributed by atoms with Crippen molar-refractivity contribution in [3.63, 3.8) is 0 Å². The van der Waals surface area contributed by atoms with E-state index in [0.29, 0.717) is 11.5 Å². The van der Waals surface area contributed by atoms with Crippen LogP contribution >= 0.6 is 15.9 Å². The number of hydrogen-bond acceptors (Lipinski definition) is 1. The predicted octanol–water partition coefficient (Wildman–Crippen LogP) is 3.63. The van der Waals surface area contributed by atoms with Crippen LogP contribution in [-0.4, -0.2) is 0 Å². The smallest absolute Gasteiger partial charge is 0.128 e. The second kappa shape index (κ2) is 3.81. The van der Waals surface area contributed by atoms with Crippen molar-refractivity contribution in [1.82, 2.24) is 0 Å². The molecule has 0 heterocycles. The number of rotatable bonds is 2. The van der Waals surface area contributed by atoms with Crippen LogP contribution in [0.4, 0.5) is 4.39 Å². The van der Waals surface area contributed by atoms with Gasteiger partial charge in [0.05, 0.1) is 0 Å². The Morgan fingerprint density at radius 3 is 2.69 bits per heavy atom. The summed E-state index contributed by atoms with van der Waals surface area (Å²) in [6, 6.07) is 4.93. The monoisotopic (exact) mass is 283 g/mol. The Kier molecular flexibility index (Phi) is 2.55. The molecule has 2 saturated carbocycles. The van der Waals surface area contributed by atoms with Gasteiger partial charge in [-0.15, -0.1) is 0 Å². The molecule has 0 saturated heterocycles. The van der Waals surface area contributed by atoms with E-state index in [1.54, 1.807) is 6.07 Å². The molecule has 0 aliphatic heterocycles. The molecule has 86 valence electrons. The zero-order valence-corrected chi connectivity index (χ0v) is 10.6. The van der Waals surface area contributed by atoms with E-state index in [1.807, 2.05) is 6.07 Å². The van der Waals surface area contributed by atoms with Crippen LogP contribution in [0.15, 0.2) is 22.7 Å². The van der Waals surface area contributed by atoms with Gasteiger partial charge in [0.2, 0.25) is 0 Å². The Morgan fingerprint density at radius 2 is 2.00 bits per heavy atom. The molecule has 0 bridgehead atoms. The fourth-order valence-corrected chi connectivity index (χ4v) is 3.77. The Bertz CT molecular complexity index is 410. The highest BCUT2D eigenvalue weighted by molar-refractivity contribution is 9.10. The van der Waals surface area contributed by atoms with E-state index < -0.39 is 0 Å². The van der Waals surface area contributed by atoms with Gasteiger partial charge >= 0.3 is 0 Å². The lowest BCUT2D eigenvalue weighted by molar-refractivity contribution is 0.480. The SMILES string of the molecule is NC(c1cc(Br)ccc1F)C1C2CCCC21. The number of benzene rings is 1. The van der Waals surface area contributed by atoms with Gasteiger partial charge in [-0.2, -0.15) is 0 Å². The third kappa shape index (κ3) is 1.61. The largest absolute Gasteiger partial charge is 0.324 e. The predicted molar refractivity (Wildman–Crippen MR) is 65.3 cm³/mol. The van der Waals surface area contributed by atoms with Crippen LogP contribution in [0.1, 0.15) is 30.9 Å². The first-order valence-electron chi connectivity index (χ1n) is 5.89. The molecule has 0 aromatic heterocycles. The van der Waals surface area contributed by atoms with Crippen molar-refractivity contribution >= 4 is 15.9 Å². The molecule has 3 heteroatoms. The van der Waals surface area contributed by atoms with Crippen molar-refractivity contribution in [3.05, 3.63) is 34.1 Å². The standard InChI is InChI=1S/C13H15BrFN/c14-7-4-5-11(15)10(6-7)13(16)12-8-2-1-3-9(8)12/h4-6,8-9,12-13H,1-3,16H2. The van der Waals surface area contributed by atoms with E-state index in [0.717, 1.165) is 16.3 Å². The molecule has 0 radical (unpaired) electrons. The molecule has 2 aliphatic carbocycles. The molecule has 0 spiro atoms. The quantitative estimate of drug-likeness (QED) is 0.881. The Morgan fingerprint density at radius 1 is 1.31 bits per heavy atom. The average Bonchev–Trinajstić information content (AvgIpc) is 2.74. The molecule has 1 aromatic rings. The van der Waals surface area contributed by atoms with Gasteiger partial charge in [-0.3, -0.25) is 0 Å². The zero-order chi connectivity index (χ0) is 11.3. The summed E-state index contributed by atoms with van der Waals surface area (Å²) < 4.78 is 14.6. The first kappa shape index (κ1) is 10.7. The molecule has 2 aliphatic rings. The summed E-state index contributed by atoms with van der Waals surface area (Å²) in [5.74, 6) is 1.90. The van der Waals surface area contributed by atoms with Crippen molar-refractivity contribution in [2.45, 2.75) is 25.3 Å². The van der Waals surface area contributed by atoms with Gasteiger partial charge in [-0.05, 0) is 48.8 Å². The minimum atomic E-state index is -0.166. The second-order valence-electron chi connectivity index (χ2n) is 5.03. The van der Waals surface area contributed by atoms with Crippen LogP contribution in [-0.2, 0) is 0 Å². The summed E-state index contributed by atoms with van der Waals surface area (Å²) in [5.41, 5.74) is 6.87. The third-order valence-corrected chi connectivity index (χ3v) is 4.70. The molecular weight excluding hydrogens is 269 g/mol. The molecular formula is C13H15BrFN. The number of nitrogens with two attached hydrogens (primary N) is 1. The van der Waals surface area contributed by atoms with Crippen molar-refractivity contribution in [2.75, 3.05) is 0 Å². The van der Waals surface area contributed by atoms with Crippen molar-refractivity contribution in [3.8, 4) is 0 Å². The highest BCUT2D eigenvalue weighted by Gasteiger charge is 2.55. The highest BCUT2D eigenvalue weighted by atomic mass is 79.9. The van der Waals surface area contributed by atoms with Crippen LogP contribution in [0.3, 0.4) is 0 Å². The molecule has 2 N–H and O–H groups in total. The Balaban J connectivity index is 1.84. The highest BCUT2D eigenvalue weighted by Crippen LogP contribution is 2.61. The van der Waals surface area contributed by atoms with E-state index in [1.165, 1.54) is 25.3 Å². The minimum Gasteiger partial charge on any atom is -0.324 e. The first-order valence-corrected chi connectivity index (χ1v) is 6.68. The van der Waals surface area contributed by atoms with Gasteiger partial charge in [-0.25, -0.2) is 4.39 Å². The summed E-state index contributed by atoms with van der Waals surface area (Å²) in [6.07, 6.45) is 3.91. The van der Waals surface area contributed by atoms with Crippen LogP contribution < -0.4 is 5.73 Å². The second-order valence-corrected chi connectivity index (χ2v) is 5.94. The Hall–Kier alpha value is -0.410. The fourth-order valence-electron chi connectivity index (χ4n) is 3.39. The van der Waals surface area contributed by atoms with Gasteiger partial charge in [0, 0.05) is 16.1 Å². The van der Waals surface area contributed by atoms with Gasteiger partial charge in [0.25, 0.3) is 0 Å². The molecule has 1 nitrogen and oxygen atoms in total. The summed E-state index contributed by atoms with van der Waals surface area (Å²) in [5, 5.41) is 0. The maximum atomic E-state index is 13.7. The van der Waals surface area contributed by atoms with E-state index in [4.69, 9.17) is 5.73 Å². The van der Waals surface area contributed by atoms with Crippen LogP contribution in [0.5, 0.6) is 0 Å². The maximum Gasteiger partial charge on any atom is 0.128 e. The summed E-state index contributed by atoms with van der Waals surface area (Å²) in [7, 11) is 0. The summed E-state index contributed by atoms with van der Waals surface area (Å²) in [4.78, 5) is 0. The number of halogens is 2. The summed E-state index contributed by atoms with van der Waals surface area (Å²) in [6.45, 7) is 0. The molecule has 16 heavy (non-hydrogen) atoms. The van der Waals surface area contributed by atoms with Crippen LogP contribution in [0.25, 0.3) is 0 Å². The van der Waals surface area contributed by atoms with Crippen LogP contribution in [0, 0.1) is 23.6 Å². The topological polar surface area (TPSA) is 26.0 Å². The van der Waals surface area contributed by atoms with Gasteiger partial charge < -0.3 is 5.73 Å². The molecule has 3 rings (SSSR count). The molecule has 2 fully saturated rings. The number of fused-ring (bicyclic) bond motifs is 1. The zero-order valence-electron chi connectivity index (χ0n) is 9.00. The van der Waals surface area contributed by atoms with E-state index >= 15 is 0 Å². The van der Waals surface area contributed by atoms with Crippen molar-refractivity contribution in [1.29, 1.82) is 0 Å². The van der Waals surface area contributed by atoms with E-state index in [2.05, 4.69) is 15.9 Å². The molecule has 0 amide bonds. The van der Waals surface area contributed by atoms with Gasteiger partial charge in [0.1, 0.15) is 5.82 Å². The fraction of sp³-hybridized carbons (Fsp3) is 0.538. The average molecular weight is 284 g/mol. The van der Waals surface area contributed by atoms with Gasteiger partial charge in [-0.1, -0.05) is 22.4 Å². The third-order valence-electron chi connectivity index (χ3n) is 4.20. The molecule has 1 aromatic carbocycles. The lowest BCUT2D eigenvalue weighted by Crippen LogP contribution is -2.17. The first-order chi connectivity index (χ1) is 7.68. The lowest BCUT2D eigenvalue weighted by Gasteiger charge is -2.15. The lowest BCUT2D eigenvalue weighted by atomic mass is 9.97. The van der Waals surface area contributed by atoms with Crippen LogP contribution in [0.2, 0.25) is 0 Å². The maximum absolute atomic E-state index is 13.7. The Labute approximate surface area is 103 Å². The van der Waals surface area contributed by atoms with Crippen molar-refractivity contribution < 1.29 is 4.39 Å². The van der Waals surface area contributed by atoms with E-state index in [9.17, 15) is 4.39 Å². The van der Waals surface area contributed by atoms with Crippen molar-refractivity contribution in [2.24, 2.45) is 23.5 Å². The molecule has 3 unspecified atom stereocenters.